The minimum absolute atomic E-state index is 0.0556. The minimum Gasteiger partial charge on any atom is -0.396 e. The molecule has 4 aliphatic rings. The molecule has 0 aromatic carbocycles. The van der Waals surface area contributed by atoms with Gasteiger partial charge in [-0.15, -0.1) is 0 Å². The molecule has 11 nitrogen and oxygen atoms in total. The molecule has 4 saturated carbocycles. The first-order chi connectivity index (χ1) is 19.1. The van der Waals surface area contributed by atoms with Crippen molar-refractivity contribution in [1.29, 1.82) is 10.5 Å². The molecular weight excluding hydrogens is 521 g/mol. The number of unbranched alkanes of at least 4 members (excludes halogenated alkanes) is 1. The van der Waals surface area contributed by atoms with E-state index in [4.69, 9.17) is 51.4 Å². The SMILES string of the molecule is CCC1(C#N)CC1.CCCC#N.CNCC1(CO)CC1.NCC1(CF)CC1.NCC1(CO)CC1.O=C=O.O=C=O. The molecule has 0 unspecified atom stereocenters. The third-order valence-electron chi connectivity index (χ3n) is 7.37. The van der Waals surface area contributed by atoms with E-state index < -0.39 is 0 Å². The Labute approximate surface area is 238 Å². The lowest BCUT2D eigenvalue weighted by Gasteiger charge is -2.08. The highest BCUT2D eigenvalue weighted by Crippen LogP contribution is 2.47. The predicted molar refractivity (Wildman–Crippen MR) is 145 cm³/mol. The Morgan fingerprint density at radius 2 is 1.20 bits per heavy atom. The van der Waals surface area contributed by atoms with E-state index in [1.54, 1.807) is 0 Å². The number of halogens is 1. The van der Waals surface area contributed by atoms with Gasteiger partial charge in [0.2, 0.25) is 0 Å². The van der Waals surface area contributed by atoms with Crippen LogP contribution in [-0.4, -0.2) is 69.1 Å². The van der Waals surface area contributed by atoms with E-state index in [0.717, 1.165) is 57.9 Å². The first-order valence-corrected chi connectivity index (χ1v) is 13.7. The molecule has 0 radical (unpaired) electrons. The van der Waals surface area contributed by atoms with E-state index in [9.17, 15) is 4.39 Å². The fourth-order valence-electron chi connectivity index (χ4n) is 2.92. The second kappa shape index (κ2) is 24.3. The Bertz CT molecular complexity index is 742. The van der Waals surface area contributed by atoms with Crippen LogP contribution in [-0.2, 0) is 19.2 Å². The summed E-state index contributed by atoms with van der Waals surface area (Å²) in [5.74, 6) is 0. The van der Waals surface area contributed by atoms with Gasteiger partial charge in [-0.05, 0) is 71.3 Å². The van der Waals surface area contributed by atoms with Gasteiger partial charge in [-0.25, -0.2) is 0 Å². The lowest BCUT2D eigenvalue weighted by molar-refractivity contribution is -0.193. The Hall–Kier alpha value is -2.53. The summed E-state index contributed by atoms with van der Waals surface area (Å²) in [4.78, 5) is 32.5. The molecule has 0 saturated heterocycles. The van der Waals surface area contributed by atoms with Gasteiger partial charge in [0.05, 0.1) is 24.2 Å². The van der Waals surface area contributed by atoms with Crippen LogP contribution in [0.25, 0.3) is 0 Å². The van der Waals surface area contributed by atoms with Crippen LogP contribution in [0.5, 0.6) is 0 Å². The van der Waals surface area contributed by atoms with E-state index in [2.05, 4.69) is 18.3 Å². The third-order valence-corrected chi connectivity index (χ3v) is 7.37. The van der Waals surface area contributed by atoms with Gasteiger partial charge >= 0.3 is 12.3 Å². The maximum absolute atomic E-state index is 11.8. The standard InChI is InChI=1S/C6H13NO.C6H9N.C5H10FN.C5H11NO.C4H7N.2CO2/c1-7-4-6(5-8)2-3-6;1-2-6(5-7)3-4-6;2*6-3-5(4-7)1-2-5;1-2-3-4-5;2*2-1-3/h7-8H,2-5H2,1H3;2-4H2,1H3;1-4,7H2;7H,1-4,6H2;2-3H2,1H3;;. The summed E-state index contributed by atoms with van der Waals surface area (Å²) in [6.07, 6.45) is 12.1. The Kier molecular flexibility index (Phi) is 25.5. The Balaban J connectivity index is -0.000000410. The number of nitrogens with zero attached hydrogens (tertiary/aromatic N) is 2. The number of hydrogen-bond donors (Lipinski definition) is 5. The Morgan fingerprint density at radius 3 is 1.23 bits per heavy atom. The van der Waals surface area contributed by atoms with E-state index in [1.165, 1.54) is 12.8 Å². The summed E-state index contributed by atoms with van der Waals surface area (Å²) < 4.78 is 11.8. The molecule has 0 atom stereocenters. The third kappa shape index (κ3) is 21.3. The van der Waals surface area contributed by atoms with Crippen LogP contribution in [0.1, 0.15) is 84.5 Å². The van der Waals surface area contributed by atoms with Crippen molar-refractivity contribution in [2.24, 2.45) is 33.1 Å². The number of aliphatic hydroxyl groups is 2. The van der Waals surface area contributed by atoms with Crippen LogP contribution in [0, 0.1) is 44.3 Å². The molecule has 230 valence electrons. The Morgan fingerprint density at radius 1 is 0.800 bits per heavy atom. The average Bonchev–Trinajstić information content (AvgIpc) is 3.79. The maximum atomic E-state index is 11.8. The normalized spacial score (nSPS) is 18.6. The highest BCUT2D eigenvalue weighted by atomic mass is 19.1. The first kappa shape index (κ1) is 41.9. The van der Waals surface area contributed by atoms with E-state index in [0.29, 0.717) is 26.1 Å². The second-order valence-corrected chi connectivity index (χ2v) is 10.7. The number of nitrogens with two attached hydrogens (primary N) is 2. The van der Waals surface area contributed by atoms with Crippen molar-refractivity contribution in [3.05, 3.63) is 0 Å². The van der Waals surface area contributed by atoms with Gasteiger partial charge in [0.1, 0.15) is 0 Å². The molecule has 0 heterocycles. The molecule has 0 bridgehead atoms. The molecule has 7 N–H and O–H groups in total. The van der Waals surface area contributed by atoms with Crippen LogP contribution in [0.15, 0.2) is 0 Å². The minimum atomic E-state index is -0.219. The zero-order valence-corrected chi connectivity index (χ0v) is 24.5. The lowest BCUT2D eigenvalue weighted by atomic mass is 10.1. The summed E-state index contributed by atoms with van der Waals surface area (Å²) >= 11 is 0. The number of hydrogen-bond acceptors (Lipinski definition) is 11. The molecule has 0 aromatic heterocycles. The second-order valence-electron chi connectivity index (χ2n) is 10.7. The van der Waals surface area contributed by atoms with Crippen molar-refractivity contribution >= 4 is 12.3 Å². The van der Waals surface area contributed by atoms with Crippen molar-refractivity contribution in [1.82, 2.24) is 5.32 Å². The summed E-state index contributed by atoms with van der Waals surface area (Å²) in [5.41, 5.74) is 11.1. The molecule has 0 aromatic rings. The lowest BCUT2D eigenvalue weighted by Crippen LogP contribution is -2.22. The van der Waals surface area contributed by atoms with Gasteiger partial charge in [0.15, 0.2) is 0 Å². The number of nitrogens with one attached hydrogen (secondary N) is 1. The molecule has 4 aliphatic carbocycles. The molecular formula is C28H50FN5O6. The fourth-order valence-corrected chi connectivity index (χ4v) is 2.92. The van der Waals surface area contributed by atoms with Crippen molar-refractivity contribution in [3.8, 4) is 12.1 Å². The molecule has 4 rings (SSSR count). The van der Waals surface area contributed by atoms with Crippen LogP contribution in [0.4, 0.5) is 4.39 Å². The van der Waals surface area contributed by atoms with E-state index >= 15 is 0 Å². The van der Waals surface area contributed by atoms with Gasteiger partial charge in [-0.2, -0.15) is 29.7 Å². The van der Waals surface area contributed by atoms with Crippen LogP contribution in [0.3, 0.4) is 0 Å². The number of nitriles is 2. The molecule has 40 heavy (non-hydrogen) atoms. The summed E-state index contributed by atoms with van der Waals surface area (Å²) in [6, 6.07) is 4.32. The monoisotopic (exact) mass is 571 g/mol. The number of rotatable bonds is 9. The van der Waals surface area contributed by atoms with Gasteiger partial charge in [0.25, 0.3) is 0 Å². The number of carbonyl (C=O) groups excluding carboxylic acids is 4. The van der Waals surface area contributed by atoms with Crippen molar-refractivity contribution in [2.75, 3.05) is 46.6 Å². The summed E-state index contributed by atoms with van der Waals surface area (Å²) in [6.45, 7) is 6.65. The molecule has 12 heteroatoms. The van der Waals surface area contributed by atoms with Crippen molar-refractivity contribution in [3.63, 3.8) is 0 Å². The fraction of sp³-hybridized carbons (Fsp3) is 0.857. The molecule has 4 fully saturated rings. The van der Waals surface area contributed by atoms with Crippen LogP contribution in [0.2, 0.25) is 0 Å². The number of aliphatic hydroxyl groups excluding tert-OH is 2. The molecule has 0 aliphatic heterocycles. The zero-order valence-electron chi connectivity index (χ0n) is 24.5. The molecule has 0 amide bonds. The largest absolute Gasteiger partial charge is 0.396 e. The van der Waals surface area contributed by atoms with Crippen molar-refractivity contribution < 1.29 is 33.8 Å². The van der Waals surface area contributed by atoms with Gasteiger partial charge < -0.3 is 27.0 Å². The van der Waals surface area contributed by atoms with Gasteiger partial charge in [-0.1, -0.05) is 13.8 Å². The summed E-state index contributed by atoms with van der Waals surface area (Å²) in [7, 11) is 1.93. The maximum Gasteiger partial charge on any atom is 0.373 e. The number of alkyl halides is 1. The quantitative estimate of drug-likeness (QED) is 0.270. The van der Waals surface area contributed by atoms with Gasteiger partial charge in [-0.3, -0.25) is 4.39 Å². The first-order valence-electron chi connectivity index (χ1n) is 13.7. The van der Waals surface area contributed by atoms with E-state index in [-0.39, 0.29) is 47.2 Å². The highest BCUT2D eigenvalue weighted by Gasteiger charge is 2.42. The van der Waals surface area contributed by atoms with Gasteiger partial charge in [0, 0.05) is 55.5 Å². The smallest absolute Gasteiger partial charge is 0.373 e. The van der Waals surface area contributed by atoms with Crippen molar-refractivity contribution in [2.45, 2.75) is 84.5 Å². The summed E-state index contributed by atoms with van der Waals surface area (Å²) in [5, 5.41) is 36.6. The highest BCUT2D eigenvalue weighted by molar-refractivity contribution is 5.20. The topological polar surface area (TPSA) is 220 Å². The average molecular weight is 572 g/mol. The predicted octanol–water partition coefficient (Wildman–Crippen LogP) is 2.23. The van der Waals surface area contributed by atoms with Crippen LogP contribution < -0.4 is 16.8 Å². The van der Waals surface area contributed by atoms with Crippen LogP contribution >= 0.6 is 0 Å². The molecule has 0 spiro atoms. The zero-order chi connectivity index (χ0) is 31.6. The van der Waals surface area contributed by atoms with E-state index in [1.807, 2.05) is 20.0 Å².